The molecule has 0 saturated heterocycles. The SMILES string of the molecule is Cc1ccc(CNc2ncnc(N)c2Cl)o1. The fourth-order valence-corrected chi connectivity index (χ4v) is 1.42. The summed E-state index contributed by atoms with van der Waals surface area (Å²) in [7, 11) is 0. The van der Waals surface area contributed by atoms with Gasteiger partial charge in [-0.1, -0.05) is 11.6 Å². The first-order valence-corrected chi connectivity index (χ1v) is 5.10. The van der Waals surface area contributed by atoms with E-state index in [1.165, 1.54) is 6.33 Å². The number of hydrogen-bond donors (Lipinski definition) is 2. The van der Waals surface area contributed by atoms with Crippen molar-refractivity contribution in [3.8, 4) is 0 Å². The molecule has 0 bridgehead atoms. The summed E-state index contributed by atoms with van der Waals surface area (Å²) >= 11 is 5.92. The molecule has 0 aromatic carbocycles. The normalized spacial score (nSPS) is 10.4. The molecule has 5 nitrogen and oxygen atoms in total. The zero-order valence-corrected chi connectivity index (χ0v) is 9.45. The Labute approximate surface area is 97.6 Å². The maximum atomic E-state index is 5.92. The van der Waals surface area contributed by atoms with Crippen LogP contribution < -0.4 is 11.1 Å². The van der Waals surface area contributed by atoms with E-state index in [9.17, 15) is 0 Å². The van der Waals surface area contributed by atoms with Crippen molar-refractivity contribution in [3.63, 3.8) is 0 Å². The highest BCUT2D eigenvalue weighted by Crippen LogP contribution is 2.23. The molecule has 0 atom stereocenters. The van der Waals surface area contributed by atoms with Gasteiger partial charge in [-0.3, -0.25) is 0 Å². The number of nitrogens with two attached hydrogens (primary N) is 1. The Kier molecular flexibility index (Phi) is 2.96. The van der Waals surface area contributed by atoms with Crippen LogP contribution in [0.15, 0.2) is 22.9 Å². The molecule has 2 aromatic heterocycles. The van der Waals surface area contributed by atoms with Crippen molar-refractivity contribution in [2.75, 3.05) is 11.1 Å². The molecule has 2 heterocycles. The Morgan fingerprint density at radius 1 is 1.44 bits per heavy atom. The topological polar surface area (TPSA) is 77.0 Å². The van der Waals surface area contributed by atoms with Gasteiger partial charge in [0.25, 0.3) is 0 Å². The highest BCUT2D eigenvalue weighted by Gasteiger charge is 2.06. The minimum absolute atomic E-state index is 0.259. The molecule has 3 N–H and O–H groups in total. The molecule has 0 aliphatic heterocycles. The van der Waals surface area contributed by atoms with E-state index in [2.05, 4.69) is 15.3 Å². The Bertz CT molecular complexity index is 497. The van der Waals surface area contributed by atoms with Crippen molar-refractivity contribution in [2.24, 2.45) is 0 Å². The number of nitrogens with one attached hydrogen (secondary N) is 1. The molecule has 0 spiro atoms. The first kappa shape index (κ1) is 10.8. The van der Waals surface area contributed by atoms with Crippen LogP contribution in [0.5, 0.6) is 0 Å². The second kappa shape index (κ2) is 4.40. The zero-order valence-electron chi connectivity index (χ0n) is 8.70. The van der Waals surface area contributed by atoms with E-state index in [4.69, 9.17) is 21.8 Å². The third kappa shape index (κ3) is 2.25. The van der Waals surface area contributed by atoms with Gasteiger partial charge in [-0.2, -0.15) is 0 Å². The van der Waals surface area contributed by atoms with E-state index < -0.39 is 0 Å². The number of aryl methyl sites for hydroxylation is 1. The van der Waals surface area contributed by atoms with Crippen molar-refractivity contribution < 1.29 is 4.42 Å². The molecule has 0 radical (unpaired) electrons. The molecule has 6 heteroatoms. The molecule has 2 rings (SSSR count). The second-order valence-corrected chi connectivity index (χ2v) is 3.67. The smallest absolute Gasteiger partial charge is 0.150 e. The molecule has 84 valence electrons. The summed E-state index contributed by atoms with van der Waals surface area (Å²) in [5.74, 6) is 2.44. The molecule has 2 aromatic rings. The van der Waals surface area contributed by atoms with Crippen LogP contribution in [-0.4, -0.2) is 9.97 Å². The molecular formula is C10H11ClN4O. The lowest BCUT2D eigenvalue weighted by molar-refractivity contribution is 0.490. The van der Waals surface area contributed by atoms with Crippen LogP contribution in [-0.2, 0) is 6.54 Å². The maximum Gasteiger partial charge on any atom is 0.150 e. The van der Waals surface area contributed by atoms with Gasteiger partial charge < -0.3 is 15.5 Å². The predicted molar refractivity (Wildman–Crippen MR) is 62.2 cm³/mol. The van der Waals surface area contributed by atoms with Gasteiger partial charge in [0.15, 0.2) is 5.82 Å². The first-order valence-electron chi connectivity index (χ1n) is 4.72. The third-order valence-electron chi connectivity index (χ3n) is 2.04. The number of halogens is 1. The van der Waals surface area contributed by atoms with E-state index in [1.807, 2.05) is 19.1 Å². The Morgan fingerprint density at radius 2 is 2.25 bits per heavy atom. The number of nitrogen functional groups attached to an aromatic ring is 1. The molecular weight excluding hydrogens is 228 g/mol. The Hall–Kier alpha value is -1.75. The highest BCUT2D eigenvalue weighted by molar-refractivity contribution is 6.35. The van der Waals surface area contributed by atoms with Crippen LogP contribution >= 0.6 is 11.6 Å². The van der Waals surface area contributed by atoms with Gasteiger partial charge >= 0.3 is 0 Å². The van der Waals surface area contributed by atoms with Crippen LogP contribution in [0.1, 0.15) is 11.5 Å². The molecule has 0 saturated carbocycles. The minimum Gasteiger partial charge on any atom is -0.465 e. The number of nitrogens with zero attached hydrogens (tertiary/aromatic N) is 2. The van der Waals surface area contributed by atoms with Gasteiger partial charge in [0, 0.05) is 0 Å². The highest BCUT2D eigenvalue weighted by atomic mass is 35.5. The van der Waals surface area contributed by atoms with E-state index in [0.717, 1.165) is 11.5 Å². The molecule has 16 heavy (non-hydrogen) atoms. The van der Waals surface area contributed by atoms with Crippen LogP contribution in [0.3, 0.4) is 0 Å². The minimum atomic E-state index is 0.259. The number of rotatable bonds is 3. The summed E-state index contributed by atoms with van der Waals surface area (Å²) in [6.45, 7) is 2.39. The lowest BCUT2D eigenvalue weighted by atomic mass is 10.4. The summed E-state index contributed by atoms with van der Waals surface area (Å²) in [6, 6.07) is 3.79. The largest absolute Gasteiger partial charge is 0.465 e. The van der Waals surface area contributed by atoms with E-state index in [0.29, 0.717) is 17.4 Å². The van der Waals surface area contributed by atoms with Crippen molar-refractivity contribution in [1.82, 2.24) is 9.97 Å². The second-order valence-electron chi connectivity index (χ2n) is 3.29. The summed E-state index contributed by atoms with van der Waals surface area (Å²) in [5.41, 5.74) is 5.55. The van der Waals surface area contributed by atoms with Gasteiger partial charge in [-0.05, 0) is 19.1 Å². The standard InChI is InChI=1S/C10H11ClN4O/c1-6-2-3-7(16-6)4-13-10-8(11)9(12)14-5-15-10/h2-3,5H,4H2,1H3,(H3,12,13,14,15). The molecule has 0 aliphatic carbocycles. The van der Waals surface area contributed by atoms with Gasteiger partial charge in [0.2, 0.25) is 0 Å². The van der Waals surface area contributed by atoms with Crippen LogP contribution in [0, 0.1) is 6.92 Å². The van der Waals surface area contributed by atoms with Crippen LogP contribution in [0.4, 0.5) is 11.6 Å². The van der Waals surface area contributed by atoms with Crippen molar-refractivity contribution in [1.29, 1.82) is 0 Å². The molecule has 0 unspecified atom stereocenters. The van der Waals surface area contributed by atoms with Gasteiger partial charge in [0.1, 0.15) is 28.7 Å². The first-order chi connectivity index (χ1) is 7.66. The van der Waals surface area contributed by atoms with Crippen molar-refractivity contribution in [2.45, 2.75) is 13.5 Å². The van der Waals surface area contributed by atoms with E-state index in [1.54, 1.807) is 0 Å². The predicted octanol–water partition coefficient (Wildman–Crippen LogP) is 2.23. The molecule has 0 fully saturated rings. The van der Waals surface area contributed by atoms with E-state index >= 15 is 0 Å². The number of hydrogen-bond acceptors (Lipinski definition) is 5. The number of aromatic nitrogens is 2. The van der Waals surface area contributed by atoms with Crippen molar-refractivity contribution in [3.05, 3.63) is 35.0 Å². The van der Waals surface area contributed by atoms with Crippen LogP contribution in [0.25, 0.3) is 0 Å². The third-order valence-corrected chi connectivity index (χ3v) is 2.42. The van der Waals surface area contributed by atoms with Gasteiger partial charge in [0.05, 0.1) is 6.54 Å². The average molecular weight is 239 g/mol. The fourth-order valence-electron chi connectivity index (χ4n) is 1.26. The lowest BCUT2D eigenvalue weighted by Gasteiger charge is -2.06. The van der Waals surface area contributed by atoms with Gasteiger partial charge in [-0.15, -0.1) is 0 Å². The Morgan fingerprint density at radius 3 is 2.94 bits per heavy atom. The van der Waals surface area contributed by atoms with Gasteiger partial charge in [-0.25, -0.2) is 9.97 Å². The fraction of sp³-hybridized carbons (Fsp3) is 0.200. The van der Waals surface area contributed by atoms with E-state index in [-0.39, 0.29) is 5.82 Å². The number of anilines is 2. The quantitative estimate of drug-likeness (QED) is 0.858. The van der Waals surface area contributed by atoms with Crippen molar-refractivity contribution >= 4 is 23.2 Å². The lowest BCUT2D eigenvalue weighted by Crippen LogP contribution is -2.03. The average Bonchev–Trinajstić information content (AvgIpc) is 2.67. The summed E-state index contributed by atoms with van der Waals surface area (Å²) < 4.78 is 5.40. The number of furan rings is 1. The van der Waals surface area contributed by atoms with Crippen LogP contribution in [0.2, 0.25) is 5.02 Å². The summed E-state index contributed by atoms with van der Waals surface area (Å²) in [4.78, 5) is 7.75. The zero-order chi connectivity index (χ0) is 11.5. The molecule has 0 aliphatic rings. The summed E-state index contributed by atoms with van der Waals surface area (Å²) in [6.07, 6.45) is 1.36. The Balaban J connectivity index is 2.07. The molecule has 0 amide bonds. The monoisotopic (exact) mass is 238 g/mol. The maximum absolute atomic E-state index is 5.92. The summed E-state index contributed by atoms with van der Waals surface area (Å²) in [5, 5.41) is 3.35.